The minimum absolute atomic E-state index is 0.769. The Hall–Kier alpha value is -5.35. The van der Waals surface area contributed by atoms with E-state index in [4.69, 9.17) is 21.3 Å². The van der Waals surface area contributed by atoms with Crippen LogP contribution in [0.25, 0.3) is 44.8 Å². The van der Waals surface area contributed by atoms with Gasteiger partial charge in [-0.15, -0.1) is 0 Å². The van der Waals surface area contributed by atoms with Crippen LogP contribution in [0.4, 0.5) is 0 Å². The Kier molecular flexibility index (Phi) is 6.24. The summed E-state index contributed by atoms with van der Waals surface area (Å²) in [7, 11) is 0. The van der Waals surface area contributed by atoms with Crippen LogP contribution >= 0.6 is 6.04 Å². The second-order valence-electron chi connectivity index (χ2n) is 11.4. The number of benzene rings is 5. The van der Waals surface area contributed by atoms with Gasteiger partial charge >= 0.3 is 0 Å². The lowest BCUT2D eigenvalue weighted by Gasteiger charge is -2.37. The number of hydrogen-bond donors (Lipinski definition) is 0. The van der Waals surface area contributed by atoms with Crippen molar-refractivity contribution in [3.63, 3.8) is 0 Å². The van der Waals surface area contributed by atoms with Gasteiger partial charge < -0.3 is 9.47 Å². The number of nitrogens with zero attached hydrogens (tertiary/aromatic N) is 2. The van der Waals surface area contributed by atoms with Crippen LogP contribution in [0.2, 0.25) is 0 Å². The van der Waals surface area contributed by atoms with Crippen molar-refractivity contribution in [3.8, 4) is 67.8 Å². The molecule has 0 spiro atoms. The third-order valence-electron chi connectivity index (χ3n) is 8.63. The molecule has 2 aromatic heterocycles. The zero-order chi connectivity index (χ0) is 30.7. The van der Waals surface area contributed by atoms with Crippen LogP contribution in [-0.4, -0.2) is 9.97 Å². The van der Waals surface area contributed by atoms with Crippen molar-refractivity contribution in [1.82, 2.24) is 9.97 Å². The van der Waals surface area contributed by atoms with Crippen molar-refractivity contribution in [1.29, 1.82) is 0 Å². The van der Waals surface area contributed by atoms with Gasteiger partial charge in [0.1, 0.15) is 23.0 Å². The molecule has 46 heavy (non-hydrogen) atoms. The van der Waals surface area contributed by atoms with E-state index in [9.17, 15) is 0 Å². The van der Waals surface area contributed by atoms with E-state index in [-0.39, 0.29) is 0 Å². The minimum atomic E-state index is -2.49. The molecule has 2 aliphatic rings. The molecule has 9 rings (SSSR count). The van der Waals surface area contributed by atoms with Gasteiger partial charge in [-0.05, 0) is 95.1 Å². The lowest BCUT2D eigenvalue weighted by atomic mass is 10.0. The first-order chi connectivity index (χ1) is 22.6. The molecule has 0 atom stereocenters. The fourth-order valence-corrected chi connectivity index (χ4v) is 10.9. The Labute approximate surface area is 272 Å². The molecule has 0 saturated heterocycles. The van der Waals surface area contributed by atoms with Crippen molar-refractivity contribution in [3.05, 3.63) is 152 Å². The van der Waals surface area contributed by atoms with Crippen LogP contribution in [0.15, 0.2) is 152 Å². The maximum Gasteiger partial charge on any atom is 0.140 e. The van der Waals surface area contributed by atoms with Crippen LogP contribution in [0.1, 0.15) is 0 Å². The van der Waals surface area contributed by atoms with Gasteiger partial charge in [-0.3, -0.25) is 9.97 Å². The molecule has 0 N–H and O–H groups in total. The Bertz CT molecular complexity index is 2200. The molecular weight excluding hydrogens is 603 g/mol. The van der Waals surface area contributed by atoms with Gasteiger partial charge in [-0.2, -0.15) is 0 Å². The SMILES string of the molecule is S=P12c3ccc(-c4cccc(-c5ccccn5)c4)cc3Oc3cccc(c31)Oc1cc(-c3cccc(-c4ccccn4)c3)ccc12. The summed E-state index contributed by atoms with van der Waals surface area (Å²) in [5.41, 5.74) is 8.34. The first kappa shape index (κ1) is 27.0. The third-order valence-corrected chi connectivity index (χ3v) is 13.5. The van der Waals surface area contributed by atoms with Crippen molar-refractivity contribution in [2.45, 2.75) is 0 Å². The number of rotatable bonds is 4. The van der Waals surface area contributed by atoms with E-state index < -0.39 is 6.04 Å². The molecule has 7 aromatic rings. The zero-order valence-corrected chi connectivity index (χ0v) is 26.2. The Morgan fingerprint density at radius 2 is 0.870 bits per heavy atom. The highest BCUT2D eigenvalue weighted by Crippen LogP contribution is 2.59. The average molecular weight is 629 g/mol. The Morgan fingerprint density at radius 3 is 1.35 bits per heavy atom. The van der Waals surface area contributed by atoms with Crippen LogP contribution in [-0.2, 0) is 11.8 Å². The summed E-state index contributed by atoms with van der Waals surface area (Å²) in [6, 6.07) is 45.2. The van der Waals surface area contributed by atoms with E-state index in [1.807, 2.05) is 67.0 Å². The number of ether oxygens (including phenoxy) is 2. The molecule has 0 fully saturated rings. The van der Waals surface area contributed by atoms with Gasteiger partial charge in [-0.1, -0.05) is 78.5 Å². The van der Waals surface area contributed by atoms with E-state index >= 15 is 0 Å². The normalized spacial score (nSPS) is 13.4. The highest BCUT2D eigenvalue weighted by molar-refractivity contribution is 8.26. The molecule has 0 saturated carbocycles. The molecule has 0 aliphatic carbocycles. The third kappa shape index (κ3) is 4.32. The monoisotopic (exact) mass is 628 g/mol. The van der Waals surface area contributed by atoms with Crippen molar-refractivity contribution >= 4 is 33.8 Å². The predicted molar refractivity (Wildman–Crippen MR) is 190 cm³/mol. The van der Waals surface area contributed by atoms with Gasteiger partial charge in [0.2, 0.25) is 0 Å². The molecule has 0 amide bonds. The molecule has 0 radical (unpaired) electrons. The van der Waals surface area contributed by atoms with Crippen LogP contribution in [0.5, 0.6) is 23.0 Å². The highest BCUT2D eigenvalue weighted by atomic mass is 32.4. The zero-order valence-electron chi connectivity index (χ0n) is 24.5. The molecule has 0 bridgehead atoms. The molecule has 218 valence electrons. The number of hydrogen-bond acceptors (Lipinski definition) is 5. The van der Waals surface area contributed by atoms with E-state index in [0.29, 0.717) is 0 Å². The quantitative estimate of drug-likeness (QED) is 0.182. The van der Waals surface area contributed by atoms with Crippen molar-refractivity contribution in [2.24, 2.45) is 0 Å². The van der Waals surface area contributed by atoms with Crippen LogP contribution in [0, 0.1) is 0 Å². The van der Waals surface area contributed by atoms with Crippen LogP contribution < -0.4 is 25.4 Å². The topological polar surface area (TPSA) is 44.2 Å². The highest BCUT2D eigenvalue weighted by Gasteiger charge is 2.42. The van der Waals surface area contributed by atoms with E-state index in [2.05, 4.69) is 94.9 Å². The summed E-state index contributed by atoms with van der Waals surface area (Å²) < 4.78 is 13.2. The first-order valence-electron chi connectivity index (χ1n) is 15.1. The molecular formula is C40H25N2O2PS. The first-order valence-corrected chi connectivity index (χ1v) is 17.9. The predicted octanol–water partition coefficient (Wildman–Crippen LogP) is 9.11. The van der Waals surface area contributed by atoms with Gasteiger partial charge in [-0.25, -0.2) is 0 Å². The van der Waals surface area contributed by atoms with E-state index in [1.165, 1.54) is 0 Å². The maximum absolute atomic E-state index is 6.78. The summed E-state index contributed by atoms with van der Waals surface area (Å²) in [4.78, 5) is 9.08. The molecule has 4 nitrogen and oxygen atoms in total. The van der Waals surface area contributed by atoms with Gasteiger partial charge in [0, 0.05) is 34.1 Å². The lowest BCUT2D eigenvalue weighted by molar-refractivity contribution is 0.466. The van der Waals surface area contributed by atoms with Crippen LogP contribution in [0.3, 0.4) is 0 Å². The van der Waals surface area contributed by atoms with Crippen molar-refractivity contribution < 1.29 is 9.47 Å². The molecule has 5 aromatic carbocycles. The molecule has 2 aliphatic heterocycles. The smallest absolute Gasteiger partial charge is 0.140 e. The maximum atomic E-state index is 6.78. The lowest BCUT2D eigenvalue weighted by Crippen LogP contribution is -2.34. The number of pyridine rings is 2. The Balaban J connectivity index is 1.15. The average Bonchev–Trinajstić information content (AvgIpc) is 3.12. The van der Waals surface area contributed by atoms with Gasteiger partial charge in [0.05, 0.1) is 22.7 Å². The summed E-state index contributed by atoms with van der Waals surface area (Å²) in [5.74, 6) is 3.14. The standard InChI is InChI=1S/C40H25N2O2PS/c46-45-38-18-16-28(26-8-5-10-30(22-26)32-12-1-3-20-41-32)24-36(38)43-34-14-7-15-35(40(34)45)44-37-25-29(17-19-39(37)45)27-9-6-11-31(23-27)33-13-2-4-21-42-33/h1-25H. The molecule has 0 unspecified atom stereocenters. The largest absolute Gasteiger partial charge is 0.456 e. The summed E-state index contributed by atoms with van der Waals surface area (Å²) in [6.07, 6.45) is 3.64. The second-order valence-corrected chi connectivity index (χ2v) is 15.6. The number of aromatic nitrogens is 2. The molecule has 4 heterocycles. The second kappa shape index (κ2) is 10.6. The summed E-state index contributed by atoms with van der Waals surface area (Å²) >= 11 is 6.78. The van der Waals surface area contributed by atoms with E-state index in [1.54, 1.807) is 0 Å². The number of fused-ring (bicyclic) bond motifs is 4. The Morgan fingerprint density at radius 1 is 0.413 bits per heavy atom. The fourth-order valence-electron chi connectivity index (χ4n) is 6.44. The minimum Gasteiger partial charge on any atom is -0.456 e. The van der Waals surface area contributed by atoms with Gasteiger partial charge in [0.25, 0.3) is 0 Å². The van der Waals surface area contributed by atoms with Gasteiger partial charge in [0.15, 0.2) is 0 Å². The molecule has 6 heteroatoms. The summed E-state index contributed by atoms with van der Waals surface area (Å²) in [5, 5.41) is 3.07. The van der Waals surface area contributed by atoms with E-state index in [0.717, 1.165) is 83.7 Å². The van der Waals surface area contributed by atoms with Crippen molar-refractivity contribution in [2.75, 3.05) is 0 Å². The fraction of sp³-hybridized carbons (Fsp3) is 0. The summed E-state index contributed by atoms with van der Waals surface area (Å²) in [6.45, 7) is 0.